The van der Waals surface area contributed by atoms with Crippen molar-refractivity contribution in [2.75, 3.05) is 31.7 Å². The number of anilines is 1. The number of nitrogens with one attached hydrogen (secondary N) is 1. The lowest BCUT2D eigenvalue weighted by molar-refractivity contribution is -0.105. The molecule has 180 valence electrons. The standard InChI is InChI=1S/C26H26N4O4S/c1-30-14-20(19-11-24(28-16-31)27-13-22(19)30)21-12-23(33-7-4-17-3-2-10-35-17)18-5-8-34-26(25(18)29-21)6-9-32-15-26/h2-3,10-14,16H,4-9,15H2,1H3,(H,27,28,31). The van der Waals surface area contributed by atoms with Crippen molar-refractivity contribution in [3.8, 4) is 17.0 Å². The molecular weight excluding hydrogens is 464 g/mol. The van der Waals surface area contributed by atoms with E-state index in [1.54, 1.807) is 17.5 Å². The molecule has 1 spiro atoms. The minimum Gasteiger partial charge on any atom is -0.493 e. The van der Waals surface area contributed by atoms with Crippen molar-refractivity contribution >= 4 is 34.5 Å². The van der Waals surface area contributed by atoms with Crippen LogP contribution in [0.15, 0.2) is 42.0 Å². The molecule has 1 amide bonds. The highest BCUT2D eigenvalue weighted by atomic mass is 32.1. The molecule has 1 saturated heterocycles. The number of aromatic nitrogens is 3. The molecule has 0 saturated carbocycles. The van der Waals surface area contributed by atoms with E-state index in [2.05, 4.69) is 27.8 Å². The number of pyridine rings is 2. The maximum absolute atomic E-state index is 11.0. The van der Waals surface area contributed by atoms with Crippen LogP contribution in [0.4, 0.5) is 5.82 Å². The Morgan fingerprint density at radius 3 is 3.09 bits per heavy atom. The summed E-state index contributed by atoms with van der Waals surface area (Å²) in [6, 6.07) is 8.12. The SMILES string of the molecule is Cn1cc(-c2cc(OCCc3cccs3)c3c(n2)C2(CCOC2)OCC3)c2cc(NC=O)ncc21. The van der Waals surface area contributed by atoms with Crippen LogP contribution in [0.2, 0.25) is 0 Å². The van der Waals surface area contributed by atoms with Crippen LogP contribution < -0.4 is 10.1 Å². The Labute approximate surface area is 206 Å². The van der Waals surface area contributed by atoms with E-state index in [0.29, 0.717) is 38.7 Å². The lowest BCUT2D eigenvalue weighted by Crippen LogP contribution is -2.37. The summed E-state index contributed by atoms with van der Waals surface area (Å²) >= 11 is 1.74. The van der Waals surface area contributed by atoms with Gasteiger partial charge in [-0.05, 0) is 17.5 Å². The Balaban J connectivity index is 1.46. The molecule has 8 nitrogen and oxygen atoms in total. The average Bonchev–Trinajstić information content (AvgIpc) is 3.62. The van der Waals surface area contributed by atoms with Crippen LogP contribution in [-0.2, 0) is 39.8 Å². The third-order valence-electron chi connectivity index (χ3n) is 6.78. The van der Waals surface area contributed by atoms with Gasteiger partial charge in [0.05, 0.1) is 42.9 Å². The zero-order chi connectivity index (χ0) is 23.8. The first-order chi connectivity index (χ1) is 17.2. The van der Waals surface area contributed by atoms with Crippen LogP contribution >= 0.6 is 11.3 Å². The van der Waals surface area contributed by atoms with Crippen LogP contribution in [0, 0.1) is 0 Å². The third-order valence-corrected chi connectivity index (χ3v) is 7.71. The van der Waals surface area contributed by atoms with Crippen LogP contribution in [0.25, 0.3) is 22.2 Å². The Hall–Kier alpha value is -3.27. The van der Waals surface area contributed by atoms with Gasteiger partial charge in [0.25, 0.3) is 0 Å². The summed E-state index contributed by atoms with van der Waals surface area (Å²) in [5.74, 6) is 1.35. The highest BCUT2D eigenvalue weighted by Gasteiger charge is 2.44. The van der Waals surface area contributed by atoms with Gasteiger partial charge in [0.1, 0.15) is 17.2 Å². The molecule has 0 radical (unpaired) electrons. The Morgan fingerprint density at radius 1 is 1.34 bits per heavy atom. The van der Waals surface area contributed by atoms with E-state index < -0.39 is 5.60 Å². The maximum atomic E-state index is 11.0. The van der Waals surface area contributed by atoms with Crippen molar-refractivity contribution in [1.82, 2.24) is 14.5 Å². The number of fused-ring (bicyclic) bond motifs is 3. The molecule has 0 aromatic carbocycles. The number of ether oxygens (including phenoxy) is 3. The van der Waals surface area contributed by atoms with E-state index in [9.17, 15) is 4.79 Å². The number of amides is 1. The van der Waals surface area contributed by atoms with Crippen molar-refractivity contribution in [3.05, 3.63) is 58.2 Å². The quantitative estimate of drug-likeness (QED) is 0.393. The molecule has 2 aliphatic rings. The topological polar surface area (TPSA) is 87.5 Å². The van der Waals surface area contributed by atoms with Gasteiger partial charge >= 0.3 is 0 Å². The van der Waals surface area contributed by atoms with Gasteiger partial charge in [-0.25, -0.2) is 9.97 Å². The molecular formula is C26H26N4O4S. The predicted molar refractivity (Wildman–Crippen MR) is 134 cm³/mol. The molecule has 6 rings (SSSR count). The molecule has 4 aromatic rings. The first-order valence-electron chi connectivity index (χ1n) is 11.7. The lowest BCUT2D eigenvalue weighted by Gasteiger charge is -2.34. The summed E-state index contributed by atoms with van der Waals surface area (Å²) in [6.07, 6.45) is 6.83. The number of nitrogens with zero attached hydrogens (tertiary/aromatic N) is 3. The van der Waals surface area contributed by atoms with E-state index in [1.165, 1.54) is 4.88 Å². The largest absolute Gasteiger partial charge is 0.493 e. The van der Waals surface area contributed by atoms with Gasteiger partial charge in [-0.1, -0.05) is 6.07 Å². The molecule has 1 unspecified atom stereocenters. The van der Waals surface area contributed by atoms with Gasteiger partial charge in [0.15, 0.2) is 0 Å². The zero-order valence-electron chi connectivity index (χ0n) is 19.5. The van der Waals surface area contributed by atoms with E-state index >= 15 is 0 Å². The van der Waals surface area contributed by atoms with Crippen LogP contribution in [0.3, 0.4) is 0 Å². The number of hydrogen-bond donors (Lipinski definition) is 1. The molecule has 0 bridgehead atoms. The van der Waals surface area contributed by atoms with Crippen LogP contribution in [0.5, 0.6) is 5.75 Å². The van der Waals surface area contributed by atoms with Gasteiger partial charge in [-0.3, -0.25) is 4.79 Å². The summed E-state index contributed by atoms with van der Waals surface area (Å²) in [5.41, 5.74) is 4.20. The first kappa shape index (κ1) is 22.2. The van der Waals surface area contributed by atoms with Crippen molar-refractivity contribution in [2.45, 2.75) is 24.9 Å². The van der Waals surface area contributed by atoms with E-state index in [-0.39, 0.29) is 0 Å². The third kappa shape index (κ3) is 3.99. The monoisotopic (exact) mass is 490 g/mol. The minimum atomic E-state index is -0.536. The van der Waals surface area contributed by atoms with Gasteiger partial charge < -0.3 is 24.1 Å². The molecule has 9 heteroatoms. The van der Waals surface area contributed by atoms with Crippen molar-refractivity contribution in [1.29, 1.82) is 0 Å². The highest BCUT2D eigenvalue weighted by molar-refractivity contribution is 7.09. The summed E-state index contributed by atoms with van der Waals surface area (Å²) < 4.78 is 20.5. The fourth-order valence-electron chi connectivity index (χ4n) is 5.03. The van der Waals surface area contributed by atoms with Gasteiger partial charge in [0.2, 0.25) is 6.41 Å². The van der Waals surface area contributed by atoms with Gasteiger partial charge in [-0.15, -0.1) is 11.3 Å². The van der Waals surface area contributed by atoms with Crippen LogP contribution in [0.1, 0.15) is 22.6 Å². The smallest absolute Gasteiger partial charge is 0.212 e. The fraction of sp³-hybridized carbons (Fsp3) is 0.346. The molecule has 2 aliphatic heterocycles. The number of thiophene rings is 1. The molecule has 4 aromatic heterocycles. The lowest BCUT2D eigenvalue weighted by atomic mass is 9.89. The van der Waals surface area contributed by atoms with Crippen molar-refractivity contribution in [3.63, 3.8) is 0 Å². The fourth-order valence-corrected chi connectivity index (χ4v) is 5.72. The van der Waals surface area contributed by atoms with Gasteiger partial charge in [-0.2, -0.15) is 0 Å². The molecule has 1 N–H and O–H groups in total. The molecule has 35 heavy (non-hydrogen) atoms. The Kier molecular flexibility index (Phi) is 5.75. The maximum Gasteiger partial charge on any atom is 0.212 e. The average molecular weight is 491 g/mol. The summed E-state index contributed by atoms with van der Waals surface area (Å²) in [6.45, 7) is 2.37. The second-order valence-corrected chi connectivity index (χ2v) is 9.94. The summed E-state index contributed by atoms with van der Waals surface area (Å²) in [4.78, 5) is 21.8. The second kappa shape index (κ2) is 9.07. The van der Waals surface area contributed by atoms with Crippen LogP contribution in [-0.4, -0.2) is 47.4 Å². The summed E-state index contributed by atoms with van der Waals surface area (Å²) in [7, 11) is 1.98. The Bertz CT molecular complexity index is 1380. The van der Waals surface area contributed by atoms with Gasteiger partial charge in [0, 0.05) is 66.6 Å². The predicted octanol–water partition coefficient (Wildman–Crippen LogP) is 4.07. The molecule has 1 atom stereocenters. The molecule has 0 aliphatic carbocycles. The van der Waals surface area contributed by atoms with Crippen molar-refractivity contribution < 1.29 is 19.0 Å². The Morgan fingerprint density at radius 2 is 2.29 bits per heavy atom. The number of rotatable bonds is 7. The molecule has 6 heterocycles. The second-order valence-electron chi connectivity index (χ2n) is 8.91. The number of carbonyl (C=O) groups excluding carboxylic acids is 1. The summed E-state index contributed by atoms with van der Waals surface area (Å²) in [5, 5.41) is 5.69. The minimum absolute atomic E-state index is 0.495. The number of hydrogen-bond acceptors (Lipinski definition) is 7. The van der Waals surface area contributed by atoms with E-state index in [4.69, 9.17) is 19.2 Å². The van der Waals surface area contributed by atoms with E-state index in [1.807, 2.05) is 29.9 Å². The normalized spacial score (nSPS) is 19.2. The van der Waals surface area contributed by atoms with Crippen molar-refractivity contribution in [2.24, 2.45) is 7.05 Å². The molecule has 1 fully saturated rings. The first-order valence-corrected chi connectivity index (χ1v) is 12.6. The zero-order valence-corrected chi connectivity index (χ0v) is 20.3. The highest BCUT2D eigenvalue weighted by Crippen LogP contribution is 2.44. The van der Waals surface area contributed by atoms with E-state index in [0.717, 1.165) is 58.4 Å². The number of aryl methyl sites for hydroxylation is 1. The number of carbonyl (C=O) groups is 1.